The highest BCUT2D eigenvalue weighted by Gasteiger charge is 2.56. The van der Waals surface area contributed by atoms with Gasteiger partial charge in [0.25, 0.3) is 0 Å². The molecule has 0 radical (unpaired) electrons. The zero-order valence-corrected chi connectivity index (χ0v) is 27.6. The van der Waals surface area contributed by atoms with Crippen molar-refractivity contribution in [3.63, 3.8) is 0 Å². The van der Waals surface area contributed by atoms with Gasteiger partial charge < -0.3 is 25.7 Å². The lowest BCUT2D eigenvalue weighted by Gasteiger charge is -2.29. The number of carbonyl (C=O) groups is 1. The van der Waals surface area contributed by atoms with Crippen LogP contribution in [0.4, 0.5) is 42.1 Å². The van der Waals surface area contributed by atoms with Crippen LogP contribution in [0.3, 0.4) is 0 Å². The smallest absolute Gasteiger partial charge is 0.453 e. The zero-order valence-electron chi connectivity index (χ0n) is 27.6. The monoisotopic (exact) mass is 718 g/mol. The van der Waals surface area contributed by atoms with E-state index in [1.54, 1.807) is 0 Å². The lowest BCUT2D eigenvalue weighted by molar-refractivity contribution is -0.284. The Morgan fingerprint density at radius 1 is 0.706 bits per heavy atom. The van der Waals surface area contributed by atoms with E-state index in [-0.39, 0.29) is 18.1 Å². The largest absolute Gasteiger partial charge is 0.494 e. The molecule has 4 rings (SSSR count). The number of hydrogen-bond acceptors (Lipinski definition) is 6. The van der Waals surface area contributed by atoms with E-state index in [1.807, 2.05) is 55.5 Å². The molecule has 0 bridgehead atoms. The van der Waals surface area contributed by atoms with Gasteiger partial charge in [-0.2, -0.15) is 30.7 Å². The summed E-state index contributed by atoms with van der Waals surface area (Å²) in [6, 6.07) is 24.7. The Morgan fingerprint density at radius 2 is 1.22 bits per heavy atom. The Labute approximate surface area is 290 Å². The van der Waals surface area contributed by atoms with E-state index >= 15 is 0 Å². The molecule has 0 atom stereocenters. The Kier molecular flexibility index (Phi) is 12.3. The molecule has 0 aliphatic rings. The number of carbonyl (C=O) groups excluding carboxylic acids is 1. The SMILES string of the molecule is CC(COC(=O)/C=C/c1ccc(C(F)(F)Oc2ccc(OCCCC(F)(F)C(F)(F)F)cc2)cc1)(Cc1ccc(N)cc1)Cc1ccc(N)cc1. The number of rotatable bonds is 16. The Morgan fingerprint density at radius 3 is 1.73 bits per heavy atom. The quantitative estimate of drug-likeness (QED) is 0.0394. The first-order valence-corrected chi connectivity index (χ1v) is 15.8. The van der Waals surface area contributed by atoms with Crippen molar-refractivity contribution in [1.29, 1.82) is 0 Å². The molecule has 0 aromatic heterocycles. The van der Waals surface area contributed by atoms with E-state index in [4.69, 9.17) is 25.7 Å². The first kappa shape index (κ1) is 38.6. The molecule has 272 valence electrons. The van der Waals surface area contributed by atoms with E-state index in [0.29, 0.717) is 29.8 Å². The van der Waals surface area contributed by atoms with Crippen molar-refractivity contribution >= 4 is 23.4 Å². The maximum atomic E-state index is 14.9. The minimum absolute atomic E-state index is 0.0730. The summed E-state index contributed by atoms with van der Waals surface area (Å²) >= 11 is 0. The first-order chi connectivity index (χ1) is 23.9. The first-order valence-electron chi connectivity index (χ1n) is 15.8. The average molecular weight is 719 g/mol. The molecule has 0 spiro atoms. The Bertz CT molecular complexity index is 1690. The molecule has 0 aliphatic carbocycles. The Hall–Kier alpha value is -5.20. The number of benzene rings is 4. The minimum Gasteiger partial charge on any atom is -0.494 e. The molecule has 0 fully saturated rings. The zero-order chi connectivity index (χ0) is 37.3. The van der Waals surface area contributed by atoms with E-state index < -0.39 is 54.6 Å². The fourth-order valence-corrected chi connectivity index (χ4v) is 5.10. The number of anilines is 2. The summed E-state index contributed by atoms with van der Waals surface area (Å²) in [4.78, 5) is 12.7. The highest BCUT2D eigenvalue weighted by atomic mass is 19.4. The number of hydrogen-bond donors (Lipinski definition) is 2. The molecule has 4 N–H and O–H groups in total. The van der Waals surface area contributed by atoms with E-state index in [1.165, 1.54) is 36.4 Å². The summed E-state index contributed by atoms with van der Waals surface area (Å²) in [5.41, 5.74) is 14.5. The van der Waals surface area contributed by atoms with Gasteiger partial charge in [0, 0.05) is 29.3 Å². The predicted molar refractivity (Wildman–Crippen MR) is 180 cm³/mol. The molecule has 0 aliphatic heterocycles. The van der Waals surface area contributed by atoms with Crippen molar-refractivity contribution < 1.29 is 49.7 Å². The maximum Gasteiger partial charge on any atom is 0.453 e. The maximum absolute atomic E-state index is 14.9. The molecule has 13 heteroatoms. The summed E-state index contributed by atoms with van der Waals surface area (Å²) < 4.78 is 108. The number of halogens is 7. The van der Waals surface area contributed by atoms with Gasteiger partial charge >= 0.3 is 24.2 Å². The average Bonchev–Trinajstić information content (AvgIpc) is 3.07. The molecule has 6 nitrogen and oxygen atoms in total. The van der Waals surface area contributed by atoms with Crippen molar-refractivity contribution in [2.24, 2.45) is 5.41 Å². The van der Waals surface area contributed by atoms with Crippen LogP contribution in [0.2, 0.25) is 0 Å². The summed E-state index contributed by atoms with van der Waals surface area (Å²) in [6.45, 7) is 1.68. The van der Waals surface area contributed by atoms with Crippen LogP contribution >= 0.6 is 0 Å². The van der Waals surface area contributed by atoms with Gasteiger partial charge in [0.2, 0.25) is 0 Å². The van der Waals surface area contributed by atoms with Crippen LogP contribution in [0.1, 0.15) is 42.0 Å². The number of ether oxygens (including phenoxy) is 3. The second-order valence-corrected chi connectivity index (χ2v) is 12.5. The van der Waals surface area contributed by atoms with Crippen LogP contribution in [-0.4, -0.2) is 31.3 Å². The second kappa shape index (κ2) is 16.2. The van der Waals surface area contributed by atoms with Gasteiger partial charge in [0.05, 0.1) is 18.8 Å². The van der Waals surface area contributed by atoms with Crippen molar-refractivity contribution in [2.75, 3.05) is 24.7 Å². The molecular weight excluding hydrogens is 681 g/mol. The van der Waals surface area contributed by atoms with Gasteiger partial charge in [-0.3, -0.25) is 0 Å². The summed E-state index contributed by atoms with van der Waals surface area (Å²) in [5, 5.41) is 0. The van der Waals surface area contributed by atoms with E-state index in [9.17, 15) is 35.5 Å². The van der Waals surface area contributed by atoms with Crippen molar-refractivity contribution in [3.05, 3.63) is 125 Å². The van der Waals surface area contributed by atoms with Crippen LogP contribution in [0.15, 0.2) is 103 Å². The van der Waals surface area contributed by atoms with Crippen LogP contribution in [-0.2, 0) is 28.5 Å². The van der Waals surface area contributed by atoms with E-state index in [0.717, 1.165) is 35.4 Å². The molecule has 0 heterocycles. The third-order valence-electron chi connectivity index (χ3n) is 7.83. The number of esters is 1. The van der Waals surface area contributed by atoms with Gasteiger partial charge in [0.15, 0.2) is 0 Å². The van der Waals surface area contributed by atoms with Crippen LogP contribution < -0.4 is 20.9 Å². The fourth-order valence-electron chi connectivity index (χ4n) is 5.10. The highest BCUT2D eigenvalue weighted by molar-refractivity contribution is 5.87. The standard InChI is InChI=1S/C38H37F7N2O4/c1-35(23-27-5-12-30(46)13-6-27,24-28-7-14-31(47)15-8-28)25-50-34(48)20-9-26-3-10-29(11-4-26)37(41,42)51-33-18-16-32(17-19-33)49-22-2-21-36(39,40)38(43,44)45/h3-20H,2,21-25,46-47H2,1H3/b20-9+. The number of nitrogen functional groups attached to an aromatic ring is 2. The fraction of sp³-hybridized carbons (Fsp3) is 0.289. The Balaban J connectivity index is 1.30. The van der Waals surface area contributed by atoms with Crippen LogP contribution in [0.25, 0.3) is 6.08 Å². The lowest BCUT2D eigenvalue weighted by Crippen LogP contribution is -2.36. The summed E-state index contributed by atoms with van der Waals surface area (Å²) in [5.74, 6) is -5.62. The molecular formula is C38H37F7N2O4. The molecule has 4 aromatic rings. The van der Waals surface area contributed by atoms with Gasteiger partial charge in [-0.1, -0.05) is 43.3 Å². The molecule has 0 saturated carbocycles. The normalized spacial score (nSPS) is 12.5. The van der Waals surface area contributed by atoms with E-state index in [2.05, 4.69) is 0 Å². The van der Waals surface area contributed by atoms with Crippen molar-refractivity contribution in [2.45, 2.75) is 50.8 Å². The molecule has 4 aromatic carbocycles. The lowest BCUT2D eigenvalue weighted by atomic mass is 9.79. The van der Waals surface area contributed by atoms with Gasteiger partial charge in [-0.15, -0.1) is 0 Å². The summed E-state index contributed by atoms with van der Waals surface area (Å²) in [7, 11) is 0. The summed E-state index contributed by atoms with van der Waals surface area (Å²) in [6.07, 6.45) is -7.58. The highest BCUT2D eigenvalue weighted by Crippen LogP contribution is 2.39. The minimum atomic E-state index is -5.65. The van der Waals surface area contributed by atoms with Crippen LogP contribution in [0, 0.1) is 5.41 Å². The number of alkyl halides is 7. The van der Waals surface area contributed by atoms with Gasteiger partial charge in [-0.05, 0) is 103 Å². The van der Waals surface area contributed by atoms with Gasteiger partial charge in [0.1, 0.15) is 11.5 Å². The third-order valence-corrected chi connectivity index (χ3v) is 7.83. The second-order valence-electron chi connectivity index (χ2n) is 12.5. The molecule has 0 saturated heterocycles. The topological polar surface area (TPSA) is 96.8 Å². The van der Waals surface area contributed by atoms with Crippen molar-refractivity contribution in [3.8, 4) is 11.5 Å². The van der Waals surface area contributed by atoms with Crippen molar-refractivity contribution in [1.82, 2.24) is 0 Å². The molecule has 51 heavy (non-hydrogen) atoms. The third kappa shape index (κ3) is 11.7. The van der Waals surface area contributed by atoms with Crippen LogP contribution in [0.5, 0.6) is 11.5 Å². The van der Waals surface area contributed by atoms with Gasteiger partial charge in [-0.25, -0.2) is 4.79 Å². The predicted octanol–water partition coefficient (Wildman–Crippen LogP) is 9.38. The number of nitrogens with two attached hydrogens (primary N) is 2. The molecule has 0 unspecified atom stereocenters. The molecule has 0 amide bonds.